The van der Waals surface area contributed by atoms with Gasteiger partial charge in [0.2, 0.25) is 5.91 Å². The Morgan fingerprint density at radius 3 is 2.21 bits per heavy atom. The standard InChI is InChI=1S/C22H22N2O4/c1-13(2)14-8-10-15(11-9-14)19-18(20(26)16-6-4-3-5-7-16)21(27)22(28)24(19)12-17(23)25/h3-11,13,19,26H,12H2,1-2H3,(H2,23,25)/b20-18+. The van der Waals surface area contributed by atoms with Crippen LogP contribution in [-0.2, 0) is 14.4 Å². The number of Topliss-reactive ketones (excluding diaryl/α,β-unsaturated/α-hetero) is 1. The molecule has 144 valence electrons. The van der Waals surface area contributed by atoms with Gasteiger partial charge in [-0.15, -0.1) is 0 Å². The van der Waals surface area contributed by atoms with Crippen LogP contribution in [0, 0.1) is 0 Å². The first-order chi connectivity index (χ1) is 13.3. The summed E-state index contributed by atoms with van der Waals surface area (Å²) in [5.41, 5.74) is 7.39. The summed E-state index contributed by atoms with van der Waals surface area (Å²) in [7, 11) is 0. The molecule has 0 spiro atoms. The fourth-order valence-electron chi connectivity index (χ4n) is 3.37. The molecule has 1 saturated heterocycles. The number of rotatable bonds is 5. The van der Waals surface area contributed by atoms with Gasteiger partial charge in [0.1, 0.15) is 12.3 Å². The maximum absolute atomic E-state index is 12.7. The van der Waals surface area contributed by atoms with Crippen molar-refractivity contribution in [3.8, 4) is 0 Å². The summed E-state index contributed by atoms with van der Waals surface area (Å²) in [6.07, 6.45) is 0. The number of carbonyl (C=O) groups excluding carboxylic acids is 3. The van der Waals surface area contributed by atoms with Gasteiger partial charge in [-0.1, -0.05) is 68.4 Å². The van der Waals surface area contributed by atoms with Crippen LogP contribution in [0.2, 0.25) is 0 Å². The van der Waals surface area contributed by atoms with E-state index in [-0.39, 0.29) is 11.3 Å². The monoisotopic (exact) mass is 378 g/mol. The zero-order valence-electron chi connectivity index (χ0n) is 15.8. The number of ketones is 1. The van der Waals surface area contributed by atoms with Gasteiger partial charge in [0, 0.05) is 5.56 Å². The number of amides is 2. The molecule has 1 aliphatic rings. The van der Waals surface area contributed by atoms with Gasteiger partial charge < -0.3 is 15.7 Å². The summed E-state index contributed by atoms with van der Waals surface area (Å²) in [4.78, 5) is 37.9. The van der Waals surface area contributed by atoms with Crippen LogP contribution in [0.15, 0.2) is 60.2 Å². The highest BCUT2D eigenvalue weighted by Crippen LogP contribution is 2.39. The number of nitrogens with two attached hydrogens (primary N) is 1. The Kier molecular flexibility index (Phi) is 5.31. The third kappa shape index (κ3) is 3.53. The number of hydrogen-bond donors (Lipinski definition) is 2. The molecule has 1 aliphatic heterocycles. The molecule has 0 aromatic heterocycles. The van der Waals surface area contributed by atoms with Crippen molar-refractivity contribution < 1.29 is 19.5 Å². The molecule has 2 aromatic rings. The van der Waals surface area contributed by atoms with Gasteiger partial charge in [-0.25, -0.2) is 0 Å². The summed E-state index contributed by atoms with van der Waals surface area (Å²) in [5.74, 6) is -2.38. The van der Waals surface area contributed by atoms with E-state index in [1.54, 1.807) is 42.5 Å². The minimum Gasteiger partial charge on any atom is -0.507 e. The lowest BCUT2D eigenvalue weighted by molar-refractivity contribution is -0.141. The molecule has 1 heterocycles. The van der Waals surface area contributed by atoms with E-state index in [0.29, 0.717) is 17.0 Å². The quantitative estimate of drug-likeness (QED) is 0.474. The van der Waals surface area contributed by atoms with Gasteiger partial charge in [-0.3, -0.25) is 14.4 Å². The Labute approximate surface area is 163 Å². The smallest absolute Gasteiger partial charge is 0.296 e. The molecule has 0 bridgehead atoms. The first-order valence-electron chi connectivity index (χ1n) is 9.03. The second-order valence-corrected chi connectivity index (χ2v) is 7.08. The predicted molar refractivity (Wildman–Crippen MR) is 105 cm³/mol. The van der Waals surface area contributed by atoms with Gasteiger partial charge in [-0.05, 0) is 17.0 Å². The van der Waals surface area contributed by atoms with Crippen molar-refractivity contribution in [3.63, 3.8) is 0 Å². The van der Waals surface area contributed by atoms with Crippen LogP contribution in [-0.4, -0.2) is 34.1 Å². The summed E-state index contributed by atoms with van der Waals surface area (Å²) in [6, 6.07) is 15.1. The largest absolute Gasteiger partial charge is 0.507 e. The zero-order chi connectivity index (χ0) is 20.4. The molecule has 28 heavy (non-hydrogen) atoms. The molecule has 2 aromatic carbocycles. The molecular weight excluding hydrogens is 356 g/mol. The van der Waals surface area contributed by atoms with Gasteiger partial charge in [0.25, 0.3) is 11.7 Å². The summed E-state index contributed by atoms with van der Waals surface area (Å²) < 4.78 is 0. The van der Waals surface area contributed by atoms with Crippen molar-refractivity contribution in [2.24, 2.45) is 5.73 Å². The Balaban J connectivity index is 2.17. The molecule has 2 amide bonds. The Bertz CT molecular complexity index is 946. The Morgan fingerprint density at radius 1 is 1.07 bits per heavy atom. The van der Waals surface area contributed by atoms with Crippen molar-refractivity contribution in [2.75, 3.05) is 6.54 Å². The Hall–Kier alpha value is -3.41. The van der Waals surface area contributed by atoms with Crippen LogP contribution in [0.4, 0.5) is 0 Å². The number of aliphatic hydroxyl groups is 1. The van der Waals surface area contributed by atoms with Crippen LogP contribution < -0.4 is 5.73 Å². The number of benzene rings is 2. The third-order valence-corrected chi connectivity index (χ3v) is 4.83. The van der Waals surface area contributed by atoms with Crippen molar-refractivity contribution in [3.05, 3.63) is 76.9 Å². The van der Waals surface area contributed by atoms with Crippen molar-refractivity contribution in [1.29, 1.82) is 0 Å². The van der Waals surface area contributed by atoms with E-state index >= 15 is 0 Å². The lowest BCUT2D eigenvalue weighted by Crippen LogP contribution is -2.37. The minimum atomic E-state index is -0.881. The normalized spacial score (nSPS) is 18.7. The number of likely N-dealkylation sites (tertiary alicyclic amines) is 1. The molecule has 3 N–H and O–H groups in total. The molecule has 1 unspecified atom stereocenters. The lowest BCUT2D eigenvalue weighted by Gasteiger charge is -2.24. The fraction of sp³-hybridized carbons (Fsp3) is 0.227. The maximum atomic E-state index is 12.7. The SMILES string of the molecule is CC(C)c1ccc(C2/C(=C(\O)c3ccccc3)C(=O)C(=O)N2CC(N)=O)cc1. The highest BCUT2D eigenvalue weighted by molar-refractivity contribution is 6.46. The van der Waals surface area contributed by atoms with Crippen LogP contribution in [0.1, 0.15) is 42.5 Å². The van der Waals surface area contributed by atoms with Crippen LogP contribution in [0.5, 0.6) is 0 Å². The molecule has 0 aliphatic carbocycles. The number of hydrogen-bond acceptors (Lipinski definition) is 4. The van der Waals surface area contributed by atoms with Gasteiger partial charge in [-0.2, -0.15) is 0 Å². The highest BCUT2D eigenvalue weighted by Gasteiger charge is 2.46. The molecular formula is C22H22N2O4. The van der Waals surface area contributed by atoms with Crippen LogP contribution >= 0.6 is 0 Å². The molecule has 0 radical (unpaired) electrons. The van der Waals surface area contributed by atoms with Crippen molar-refractivity contribution >= 4 is 23.4 Å². The van der Waals surface area contributed by atoms with Crippen molar-refractivity contribution in [2.45, 2.75) is 25.8 Å². The first-order valence-corrected chi connectivity index (χ1v) is 9.03. The van der Waals surface area contributed by atoms with E-state index in [9.17, 15) is 19.5 Å². The molecule has 1 atom stereocenters. The summed E-state index contributed by atoms with van der Waals surface area (Å²) in [6.45, 7) is 3.71. The molecule has 6 heteroatoms. The summed E-state index contributed by atoms with van der Waals surface area (Å²) in [5, 5.41) is 10.8. The van der Waals surface area contributed by atoms with E-state index in [1.807, 2.05) is 12.1 Å². The minimum absolute atomic E-state index is 0.0465. The zero-order valence-corrected chi connectivity index (χ0v) is 15.8. The molecule has 1 fully saturated rings. The van der Waals surface area contributed by atoms with Gasteiger partial charge in [0.05, 0.1) is 11.6 Å². The molecule has 3 rings (SSSR count). The first kappa shape index (κ1) is 19.4. The third-order valence-electron chi connectivity index (χ3n) is 4.83. The predicted octanol–water partition coefficient (Wildman–Crippen LogP) is 2.72. The van der Waals surface area contributed by atoms with E-state index in [4.69, 9.17) is 5.73 Å². The maximum Gasteiger partial charge on any atom is 0.296 e. The number of primary amides is 1. The number of nitrogens with zero attached hydrogens (tertiary/aromatic N) is 1. The lowest BCUT2D eigenvalue weighted by atomic mass is 9.93. The van der Waals surface area contributed by atoms with E-state index in [0.717, 1.165) is 10.5 Å². The van der Waals surface area contributed by atoms with Crippen molar-refractivity contribution in [1.82, 2.24) is 4.90 Å². The number of carbonyl (C=O) groups is 3. The highest BCUT2D eigenvalue weighted by atomic mass is 16.3. The van der Waals surface area contributed by atoms with Crippen LogP contribution in [0.25, 0.3) is 5.76 Å². The second-order valence-electron chi connectivity index (χ2n) is 7.08. The van der Waals surface area contributed by atoms with E-state index in [2.05, 4.69) is 13.8 Å². The van der Waals surface area contributed by atoms with Gasteiger partial charge >= 0.3 is 0 Å². The molecule has 6 nitrogen and oxygen atoms in total. The topological polar surface area (TPSA) is 101 Å². The number of aliphatic hydroxyl groups excluding tert-OH is 1. The molecule has 0 saturated carbocycles. The van der Waals surface area contributed by atoms with Crippen LogP contribution in [0.3, 0.4) is 0 Å². The summed E-state index contributed by atoms with van der Waals surface area (Å²) >= 11 is 0. The average molecular weight is 378 g/mol. The fourth-order valence-corrected chi connectivity index (χ4v) is 3.37. The average Bonchev–Trinajstić information content (AvgIpc) is 2.92. The second kappa shape index (κ2) is 7.68. The van der Waals surface area contributed by atoms with Gasteiger partial charge in [0.15, 0.2) is 0 Å². The van der Waals surface area contributed by atoms with E-state index in [1.165, 1.54) is 0 Å². The Morgan fingerprint density at radius 2 is 1.68 bits per heavy atom. The van der Waals surface area contributed by atoms with E-state index < -0.39 is 30.2 Å².